The van der Waals surface area contributed by atoms with Crippen molar-refractivity contribution in [2.24, 2.45) is 5.92 Å². The van der Waals surface area contributed by atoms with E-state index in [1.165, 1.54) is 24.8 Å². The van der Waals surface area contributed by atoms with Crippen molar-refractivity contribution in [3.8, 4) is 0 Å². The number of anilines is 2. The second-order valence-corrected chi connectivity index (χ2v) is 6.02. The van der Waals surface area contributed by atoms with Crippen LogP contribution in [-0.2, 0) is 0 Å². The molecule has 0 bridgehead atoms. The van der Waals surface area contributed by atoms with Gasteiger partial charge in [0.2, 0.25) is 0 Å². The molecule has 19 heavy (non-hydrogen) atoms. The maximum absolute atomic E-state index is 4.87. The van der Waals surface area contributed by atoms with Crippen LogP contribution in [0.4, 0.5) is 11.6 Å². The average molecular weight is 260 g/mol. The van der Waals surface area contributed by atoms with Gasteiger partial charge in [-0.25, -0.2) is 9.97 Å². The molecule has 0 aromatic carbocycles. The SMILES string of the molecule is CCNc1nc(C2CC2)nc(N2CCC(C)C2)c1C. The summed E-state index contributed by atoms with van der Waals surface area (Å²) < 4.78 is 0. The number of aromatic nitrogens is 2. The van der Waals surface area contributed by atoms with E-state index in [1.807, 2.05) is 0 Å². The molecule has 2 aliphatic rings. The Hall–Kier alpha value is -1.32. The Morgan fingerprint density at radius 3 is 2.63 bits per heavy atom. The lowest BCUT2D eigenvalue weighted by atomic mass is 10.2. The third-order valence-electron chi connectivity index (χ3n) is 4.15. The van der Waals surface area contributed by atoms with Gasteiger partial charge in [0.15, 0.2) is 0 Å². The third-order valence-corrected chi connectivity index (χ3v) is 4.15. The molecule has 1 aromatic rings. The Labute approximate surface area is 115 Å². The van der Waals surface area contributed by atoms with Crippen LogP contribution in [0.3, 0.4) is 0 Å². The van der Waals surface area contributed by atoms with Gasteiger partial charge in [-0.3, -0.25) is 0 Å². The summed E-state index contributed by atoms with van der Waals surface area (Å²) in [6.45, 7) is 9.77. The first-order valence-electron chi connectivity index (χ1n) is 7.56. The van der Waals surface area contributed by atoms with Gasteiger partial charge < -0.3 is 10.2 Å². The number of hydrogen-bond donors (Lipinski definition) is 1. The molecule has 1 saturated heterocycles. The predicted molar refractivity (Wildman–Crippen MR) is 78.9 cm³/mol. The van der Waals surface area contributed by atoms with Gasteiger partial charge in [0.05, 0.1) is 0 Å². The lowest BCUT2D eigenvalue weighted by molar-refractivity contribution is 0.658. The molecule has 1 unspecified atom stereocenters. The zero-order valence-electron chi connectivity index (χ0n) is 12.2. The van der Waals surface area contributed by atoms with Crippen LogP contribution in [0.5, 0.6) is 0 Å². The van der Waals surface area contributed by atoms with Crippen LogP contribution in [-0.4, -0.2) is 29.6 Å². The summed E-state index contributed by atoms with van der Waals surface area (Å²) in [6, 6.07) is 0. The van der Waals surface area contributed by atoms with Crippen molar-refractivity contribution in [3.63, 3.8) is 0 Å². The average Bonchev–Trinajstić information content (AvgIpc) is 3.15. The third kappa shape index (κ3) is 2.53. The molecule has 0 spiro atoms. The number of hydrogen-bond acceptors (Lipinski definition) is 4. The highest BCUT2D eigenvalue weighted by molar-refractivity contribution is 5.59. The highest BCUT2D eigenvalue weighted by atomic mass is 15.2. The van der Waals surface area contributed by atoms with E-state index >= 15 is 0 Å². The summed E-state index contributed by atoms with van der Waals surface area (Å²) in [6.07, 6.45) is 3.79. The lowest BCUT2D eigenvalue weighted by Crippen LogP contribution is -2.23. The molecule has 1 atom stereocenters. The van der Waals surface area contributed by atoms with Crippen LogP contribution in [0.1, 0.15) is 50.4 Å². The predicted octanol–water partition coefficient (Wildman–Crippen LogP) is 2.94. The molecule has 4 nitrogen and oxygen atoms in total. The van der Waals surface area contributed by atoms with E-state index in [1.54, 1.807) is 0 Å². The summed E-state index contributed by atoms with van der Waals surface area (Å²) >= 11 is 0. The van der Waals surface area contributed by atoms with Gasteiger partial charge >= 0.3 is 0 Å². The molecule has 1 saturated carbocycles. The second kappa shape index (κ2) is 4.99. The van der Waals surface area contributed by atoms with Crippen molar-refractivity contribution in [2.75, 3.05) is 29.9 Å². The fraction of sp³-hybridized carbons (Fsp3) is 0.733. The topological polar surface area (TPSA) is 41.1 Å². The van der Waals surface area contributed by atoms with Gasteiger partial charge in [0.1, 0.15) is 17.5 Å². The Morgan fingerprint density at radius 1 is 1.26 bits per heavy atom. The van der Waals surface area contributed by atoms with Crippen molar-refractivity contribution < 1.29 is 0 Å². The Balaban J connectivity index is 1.96. The van der Waals surface area contributed by atoms with Crippen LogP contribution in [0.15, 0.2) is 0 Å². The first-order chi connectivity index (χ1) is 9.19. The first kappa shape index (κ1) is 12.7. The van der Waals surface area contributed by atoms with E-state index in [0.717, 1.165) is 43.0 Å². The molecular weight excluding hydrogens is 236 g/mol. The van der Waals surface area contributed by atoms with Crippen LogP contribution in [0, 0.1) is 12.8 Å². The summed E-state index contributed by atoms with van der Waals surface area (Å²) in [4.78, 5) is 12.0. The van der Waals surface area contributed by atoms with Crippen molar-refractivity contribution in [2.45, 2.75) is 46.0 Å². The Morgan fingerprint density at radius 2 is 2.05 bits per heavy atom. The minimum atomic E-state index is 0.608. The van der Waals surface area contributed by atoms with Crippen molar-refractivity contribution in [3.05, 3.63) is 11.4 Å². The van der Waals surface area contributed by atoms with Crippen LogP contribution >= 0.6 is 0 Å². The van der Waals surface area contributed by atoms with Gasteiger partial charge in [-0.1, -0.05) is 6.92 Å². The largest absolute Gasteiger partial charge is 0.370 e. The monoisotopic (exact) mass is 260 g/mol. The van der Waals surface area contributed by atoms with E-state index in [0.29, 0.717) is 5.92 Å². The Kier molecular flexibility index (Phi) is 3.33. The lowest BCUT2D eigenvalue weighted by Gasteiger charge is -2.22. The van der Waals surface area contributed by atoms with E-state index in [4.69, 9.17) is 9.97 Å². The maximum atomic E-state index is 4.87. The summed E-state index contributed by atoms with van der Waals surface area (Å²) in [5.74, 6) is 4.64. The van der Waals surface area contributed by atoms with Gasteiger partial charge in [0.25, 0.3) is 0 Å². The van der Waals surface area contributed by atoms with Crippen molar-refractivity contribution in [1.82, 2.24) is 9.97 Å². The van der Waals surface area contributed by atoms with Crippen LogP contribution in [0.2, 0.25) is 0 Å². The van der Waals surface area contributed by atoms with E-state index in [2.05, 4.69) is 31.0 Å². The summed E-state index contributed by atoms with van der Waals surface area (Å²) in [5.41, 5.74) is 1.21. The minimum absolute atomic E-state index is 0.608. The number of nitrogens with zero attached hydrogens (tertiary/aromatic N) is 3. The zero-order valence-corrected chi connectivity index (χ0v) is 12.2. The van der Waals surface area contributed by atoms with Crippen molar-refractivity contribution in [1.29, 1.82) is 0 Å². The molecule has 0 radical (unpaired) electrons. The van der Waals surface area contributed by atoms with Gasteiger partial charge in [-0.15, -0.1) is 0 Å². The van der Waals surface area contributed by atoms with E-state index in [-0.39, 0.29) is 0 Å². The molecule has 0 amide bonds. The van der Waals surface area contributed by atoms with E-state index in [9.17, 15) is 0 Å². The van der Waals surface area contributed by atoms with Crippen molar-refractivity contribution >= 4 is 11.6 Å². The maximum Gasteiger partial charge on any atom is 0.137 e. The number of nitrogens with one attached hydrogen (secondary N) is 1. The zero-order chi connectivity index (χ0) is 13.4. The van der Waals surface area contributed by atoms with Gasteiger partial charge in [0, 0.05) is 31.1 Å². The molecule has 4 heteroatoms. The fourth-order valence-corrected chi connectivity index (χ4v) is 2.82. The standard InChI is InChI=1S/C15H24N4/c1-4-16-13-11(3)15(19-8-7-10(2)9-19)18-14(17-13)12-5-6-12/h10,12H,4-9H2,1-3H3,(H,16,17,18). The molecule has 2 fully saturated rings. The molecule has 2 heterocycles. The summed E-state index contributed by atoms with van der Waals surface area (Å²) in [7, 11) is 0. The normalized spacial score (nSPS) is 22.9. The molecule has 1 N–H and O–H groups in total. The molecule has 104 valence electrons. The van der Waals surface area contributed by atoms with Crippen LogP contribution in [0.25, 0.3) is 0 Å². The molecule has 1 aromatic heterocycles. The second-order valence-electron chi connectivity index (χ2n) is 6.02. The molecule has 3 rings (SSSR count). The highest BCUT2D eigenvalue weighted by Crippen LogP contribution is 2.40. The molecular formula is C15H24N4. The molecule has 1 aliphatic carbocycles. The minimum Gasteiger partial charge on any atom is -0.370 e. The molecule has 1 aliphatic heterocycles. The number of rotatable bonds is 4. The van der Waals surface area contributed by atoms with Gasteiger partial charge in [-0.2, -0.15) is 0 Å². The van der Waals surface area contributed by atoms with Crippen LogP contribution < -0.4 is 10.2 Å². The van der Waals surface area contributed by atoms with Gasteiger partial charge in [-0.05, 0) is 39.0 Å². The highest BCUT2D eigenvalue weighted by Gasteiger charge is 2.30. The van der Waals surface area contributed by atoms with E-state index < -0.39 is 0 Å². The summed E-state index contributed by atoms with van der Waals surface area (Å²) in [5, 5.41) is 3.40. The fourth-order valence-electron chi connectivity index (χ4n) is 2.82. The quantitative estimate of drug-likeness (QED) is 0.903. The smallest absolute Gasteiger partial charge is 0.137 e. The Bertz CT molecular complexity index is 467. The first-order valence-corrected chi connectivity index (χ1v) is 7.56.